The molecule has 8 heteroatoms. The summed E-state index contributed by atoms with van der Waals surface area (Å²) in [5.74, 6) is 0. The van der Waals surface area contributed by atoms with E-state index in [2.05, 4.69) is 9.47 Å². The molecule has 1 heterocycles. The molecule has 3 nitrogen and oxygen atoms in total. The highest BCUT2D eigenvalue weighted by Crippen LogP contribution is 2.53. The molecule has 96 valence electrons. The summed E-state index contributed by atoms with van der Waals surface area (Å²) in [4.78, 5) is 0. The highest BCUT2D eigenvalue weighted by atomic mass is 19.4. The summed E-state index contributed by atoms with van der Waals surface area (Å²) in [7, 11) is 0. The average Bonchev–Trinajstić information content (AvgIpc) is 2.12. The van der Waals surface area contributed by atoms with Crippen molar-refractivity contribution in [2.75, 3.05) is 6.79 Å². The molecule has 1 saturated heterocycles. The van der Waals surface area contributed by atoms with E-state index in [1.165, 1.54) is 6.92 Å². The maximum atomic E-state index is 13.2. The molecule has 2 unspecified atom stereocenters. The van der Waals surface area contributed by atoms with E-state index in [0.717, 1.165) is 6.92 Å². The molecule has 0 amide bonds. The Morgan fingerprint density at radius 2 is 1.75 bits per heavy atom. The average molecular weight is 250 g/mol. The van der Waals surface area contributed by atoms with Crippen LogP contribution in [0.5, 0.6) is 0 Å². The molecule has 0 aromatic carbocycles. The predicted octanol–water partition coefficient (Wildman–Crippen LogP) is 2.05. The van der Waals surface area contributed by atoms with Crippen molar-refractivity contribution in [2.45, 2.75) is 43.8 Å². The van der Waals surface area contributed by atoms with Gasteiger partial charge < -0.3 is 9.84 Å². The predicted molar refractivity (Wildman–Crippen MR) is 41.7 cm³/mol. The normalized spacial score (nSPS) is 39.8. The van der Waals surface area contributed by atoms with Gasteiger partial charge in [0.1, 0.15) is 5.60 Å². The number of ether oxygens (including phenoxy) is 2. The Kier molecular flexibility index (Phi) is 2.98. The van der Waals surface area contributed by atoms with Gasteiger partial charge >= 0.3 is 12.3 Å². The first-order valence-corrected chi connectivity index (χ1v) is 4.46. The quantitative estimate of drug-likeness (QED) is 0.724. The summed E-state index contributed by atoms with van der Waals surface area (Å²) in [6.07, 6.45) is -10.8. The van der Waals surface area contributed by atoms with Crippen LogP contribution in [-0.2, 0) is 9.47 Å². The molecule has 16 heavy (non-hydrogen) atoms. The summed E-state index contributed by atoms with van der Waals surface area (Å²) in [5.41, 5.74) is -6.81. The van der Waals surface area contributed by atoms with Crippen LogP contribution in [0.3, 0.4) is 0 Å². The summed E-state index contributed by atoms with van der Waals surface area (Å²) < 4.78 is 72.3. The van der Waals surface area contributed by atoms with Crippen LogP contribution in [0, 0.1) is 0 Å². The molecule has 0 saturated carbocycles. The fourth-order valence-electron chi connectivity index (χ4n) is 1.57. The topological polar surface area (TPSA) is 38.7 Å². The summed E-state index contributed by atoms with van der Waals surface area (Å²) in [6, 6.07) is 0. The molecule has 0 aromatic rings. The van der Waals surface area contributed by atoms with Crippen LogP contribution in [0.2, 0.25) is 0 Å². The van der Waals surface area contributed by atoms with Gasteiger partial charge in [-0.3, -0.25) is 4.74 Å². The smallest absolute Gasteiger partial charge is 0.372 e. The minimum absolute atomic E-state index is 0.443. The van der Waals surface area contributed by atoms with E-state index in [4.69, 9.17) is 0 Å². The minimum Gasteiger partial charge on any atom is -0.372 e. The van der Waals surface area contributed by atoms with E-state index >= 15 is 0 Å². The molecule has 1 aliphatic heterocycles. The molecular weight excluding hydrogens is 239 g/mol. The SMILES string of the molecule is CCC1(C)OCOC(F)(F)C1(O)C(F)(F)F. The van der Waals surface area contributed by atoms with Gasteiger partial charge in [0.05, 0.1) is 0 Å². The Morgan fingerprint density at radius 3 is 2.06 bits per heavy atom. The third-order valence-corrected chi connectivity index (χ3v) is 2.89. The zero-order valence-electron chi connectivity index (χ0n) is 8.57. The Bertz CT molecular complexity index is 279. The van der Waals surface area contributed by atoms with Crippen molar-refractivity contribution in [3.8, 4) is 0 Å². The first-order valence-electron chi connectivity index (χ1n) is 4.46. The molecule has 0 aliphatic carbocycles. The Labute approximate surface area is 88.1 Å². The van der Waals surface area contributed by atoms with Crippen molar-refractivity contribution in [1.29, 1.82) is 0 Å². The van der Waals surface area contributed by atoms with Gasteiger partial charge in [0, 0.05) is 0 Å². The molecule has 0 spiro atoms. The van der Waals surface area contributed by atoms with E-state index < -0.39 is 36.7 Å². The fraction of sp³-hybridized carbons (Fsp3) is 1.00. The van der Waals surface area contributed by atoms with Crippen LogP contribution in [0.15, 0.2) is 0 Å². The summed E-state index contributed by atoms with van der Waals surface area (Å²) in [5, 5.41) is 9.33. The van der Waals surface area contributed by atoms with Crippen molar-refractivity contribution in [2.24, 2.45) is 0 Å². The highest BCUT2D eigenvalue weighted by Gasteiger charge is 2.80. The third kappa shape index (κ3) is 1.51. The molecule has 0 radical (unpaired) electrons. The van der Waals surface area contributed by atoms with E-state index in [9.17, 15) is 27.1 Å². The van der Waals surface area contributed by atoms with Gasteiger partial charge in [0.25, 0.3) is 5.60 Å². The zero-order valence-corrected chi connectivity index (χ0v) is 8.57. The number of hydrogen-bond acceptors (Lipinski definition) is 3. The zero-order chi connectivity index (χ0) is 12.8. The van der Waals surface area contributed by atoms with Crippen molar-refractivity contribution >= 4 is 0 Å². The number of alkyl halides is 5. The largest absolute Gasteiger partial charge is 0.428 e. The minimum atomic E-state index is -5.57. The molecule has 0 bridgehead atoms. The number of aliphatic hydroxyl groups is 1. The van der Waals surface area contributed by atoms with Crippen LogP contribution < -0.4 is 0 Å². The van der Waals surface area contributed by atoms with Crippen molar-refractivity contribution in [1.82, 2.24) is 0 Å². The first-order chi connectivity index (χ1) is 7.02. The van der Waals surface area contributed by atoms with E-state index in [1.54, 1.807) is 0 Å². The highest BCUT2D eigenvalue weighted by molar-refractivity contribution is 5.09. The van der Waals surface area contributed by atoms with Gasteiger partial charge in [-0.25, -0.2) is 0 Å². The van der Waals surface area contributed by atoms with Crippen LogP contribution in [0.4, 0.5) is 22.0 Å². The molecule has 1 aliphatic rings. The van der Waals surface area contributed by atoms with Crippen LogP contribution in [0.25, 0.3) is 0 Å². The lowest BCUT2D eigenvalue weighted by molar-refractivity contribution is -0.491. The van der Waals surface area contributed by atoms with Gasteiger partial charge in [-0.2, -0.15) is 22.0 Å². The Hall–Kier alpha value is -0.470. The van der Waals surface area contributed by atoms with Crippen LogP contribution in [-0.4, -0.2) is 35.4 Å². The molecule has 0 aromatic heterocycles. The number of hydrogen-bond donors (Lipinski definition) is 1. The van der Waals surface area contributed by atoms with Crippen molar-refractivity contribution in [3.63, 3.8) is 0 Å². The molecule has 1 fully saturated rings. The fourth-order valence-corrected chi connectivity index (χ4v) is 1.57. The number of halogens is 5. The second-order valence-electron chi connectivity index (χ2n) is 3.72. The summed E-state index contributed by atoms with van der Waals surface area (Å²) in [6.45, 7) is 0.977. The lowest BCUT2D eigenvalue weighted by atomic mass is 9.79. The van der Waals surface area contributed by atoms with Crippen molar-refractivity contribution < 1.29 is 36.5 Å². The maximum Gasteiger partial charge on any atom is 0.428 e. The lowest BCUT2D eigenvalue weighted by Gasteiger charge is -2.50. The van der Waals surface area contributed by atoms with Crippen molar-refractivity contribution in [3.05, 3.63) is 0 Å². The van der Waals surface area contributed by atoms with E-state index in [-0.39, 0.29) is 0 Å². The number of rotatable bonds is 1. The molecule has 1 rings (SSSR count). The Morgan fingerprint density at radius 1 is 1.25 bits per heavy atom. The summed E-state index contributed by atoms with van der Waals surface area (Å²) >= 11 is 0. The second-order valence-corrected chi connectivity index (χ2v) is 3.72. The van der Waals surface area contributed by atoms with Gasteiger partial charge in [0.15, 0.2) is 6.79 Å². The van der Waals surface area contributed by atoms with Gasteiger partial charge in [-0.05, 0) is 13.3 Å². The van der Waals surface area contributed by atoms with Gasteiger partial charge in [-0.15, -0.1) is 0 Å². The molecule has 1 N–H and O–H groups in total. The van der Waals surface area contributed by atoms with Crippen LogP contribution >= 0.6 is 0 Å². The lowest BCUT2D eigenvalue weighted by Crippen LogP contribution is -2.75. The Balaban J connectivity index is 3.33. The molecule has 2 atom stereocenters. The monoisotopic (exact) mass is 250 g/mol. The standard InChI is InChI=1S/C8H11F5O3/c1-3-5(2)6(14,7(9,10)11)8(12,13)16-4-15-5/h14H,3-4H2,1-2H3. The van der Waals surface area contributed by atoms with E-state index in [1.807, 2.05) is 0 Å². The third-order valence-electron chi connectivity index (χ3n) is 2.89. The van der Waals surface area contributed by atoms with Gasteiger partial charge in [0.2, 0.25) is 0 Å². The van der Waals surface area contributed by atoms with Gasteiger partial charge in [-0.1, -0.05) is 6.92 Å². The van der Waals surface area contributed by atoms with E-state index in [0.29, 0.717) is 0 Å². The van der Waals surface area contributed by atoms with Crippen LogP contribution in [0.1, 0.15) is 20.3 Å². The first kappa shape index (κ1) is 13.6. The maximum absolute atomic E-state index is 13.2. The second kappa shape index (κ2) is 3.51. The molecular formula is C8H11F5O3.